The Kier molecular flexibility index (Phi) is 9.05. The summed E-state index contributed by atoms with van der Waals surface area (Å²) in [7, 11) is 0. The van der Waals surface area contributed by atoms with Crippen molar-refractivity contribution in [3.63, 3.8) is 0 Å². The van der Waals surface area contributed by atoms with E-state index >= 15 is 0 Å². The Morgan fingerprint density at radius 1 is 1.09 bits per heavy atom. The number of aromatic nitrogens is 3. The van der Waals surface area contributed by atoms with Gasteiger partial charge in [0.1, 0.15) is 17.7 Å². The number of esters is 3. The first-order valence-electron chi connectivity index (χ1n) is 12.3. The summed E-state index contributed by atoms with van der Waals surface area (Å²) in [6.45, 7) is 2.51. The number of hydrogen-bond donors (Lipinski definition) is 1. The largest absolute Gasteiger partial charge is 0.462 e. The van der Waals surface area contributed by atoms with E-state index in [9.17, 15) is 32.8 Å². The maximum Gasteiger partial charge on any atom is 0.303 e. The molecule has 1 aliphatic heterocycles. The van der Waals surface area contributed by atoms with Crippen molar-refractivity contribution < 1.29 is 46.5 Å². The Morgan fingerprint density at radius 3 is 2.30 bits per heavy atom. The van der Waals surface area contributed by atoms with Gasteiger partial charge in [0, 0.05) is 31.9 Å². The van der Waals surface area contributed by atoms with E-state index in [2.05, 4.69) is 22.9 Å². The van der Waals surface area contributed by atoms with Crippen molar-refractivity contribution in [2.24, 2.45) is 0 Å². The number of carbonyl (C=O) groups is 3. The third-order valence-corrected chi connectivity index (χ3v) is 7.44. The summed E-state index contributed by atoms with van der Waals surface area (Å²) in [5.74, 6) is -7.29. The molecule has 1 aliphatic rings. The number of carbonyl (C=O) groups excluding carboxylic acids is 3. The first kappa shape index (κ1) is 31.8. The van der Waals surface area contributed by atoms with Gasteiger partial charge in [-0.25, -0.2) is 17.9 Å². The molecule has 0 bridgehead atoms. The lowest BCUT2D eigenvalue weighted by molar-refractivity contribution is -0.267. The van der Waals surface area contributed by atoms with Gasteiger partial charge in [-0.3, -0.25) is 14.4 Å². The molecule has 226 valence electrons. The molecule has 0 saturated carbocycles. The van der Waals surface area contributed by atoms with Gasteiger partial charge in [0.25, 0.3) is 0 Å². The minimum atomic E-state index is -2.34. The van der Waals surface area contributed by atoms with Crippen LogP contribution in [0.5, 0.6) is 0 Å². The Hall–Kier alpha value is -4.13. The molecule has 2 aromatic carbocycles. The average Bonchev–Trinajstić information content (AvgIpc) is 3.45. The number of halogens is 4. The molecule has 0 radical (unpaired) electrons. The van der Waals surface area contributed by atoms with E-state index in [0.717, 1.165) is 31.6 Å². The SMILES string of the molecule is CC(=O)OC[C@@]1(c2ccccc2C#N)O[C@H](S)[C@H](OC(C)=O)[C@](Cl)(n2cc(-c3cc(F)c(F)c(F)c3)nn2)[C@H]1OC(C)=O. The van der Waals surface area contributed by atoms with Crippen LogP contribution >= 0.6 is 24.2 Å². The van der Waals surface area contributed by atoms with Gasteiger partial charge in [-0.1, -0.05) is 35.0 Å². The highest BCUT2D eigenvalue weighted by atomic mass is 35.5. The topological polar surface area (TPSA) is 143 Å². The van der Waals surface area contributed by atoms with Gasteiger partial charge < -0.3 is 18.9 Å². The van der Waals surface area contributed by atoms with Crippen LogP contribution in [0.1, 0.15) is 31.9 Å². The number of ether oxygens (including phenoxy) is 4. The number of alkyl halides is 1. The third-order valence-electron chi connectivity index (χ3n) is 6.47. The van der Waals surface area contributed by atoms with Gasteiger partial charge in [-0.2, -0.15) is 5.26 Å². The van der Waals surface area contributed by atoms with E-state index in [0.29, 0.717) is 12.1 Å². The van der Waals surface area contributed by atoms with Crippen LogP contribution in [0.2, 0.25) is 0 Å². The van der Waals surface area contributed by atoms with Gasteiger partial charge >= 0.3 is 17.9 Å². The fraction of sp³-hybridized carbons (Fsp3) is 0.333. The van der Waals surface area contributed by atoms with Crippen LogP contribution in [0.25, 0.3) is 11.3 Å². The second kappa shape index (κ2) is 12.2. The molecule has 16 heteroatoms. The second-order valence-electron chi connectivity index (χ2n) is 9.38. The maximum atomic E-state index is 14.0. The van der Waals surface area contributed by atoms with Crippen molar-refractivity contribution in [3.05, 3.63) is 71.2 Å². The number of hydrogen-bond acceptors (Lipinski definition) is 11. The van der Waals surface area contributed by atoms with Gasteiger partial charge in [0.2, 0.25) is 5.00 Å². The van der Waals surface area contributed by atoms with Gasteiger partial charge in [0.15, 0.2) is 35.3 Å². The minimum absolute atomic E-state index is 0.00818. The summed E-state index contributed by atoms with van der Waals surface area (Å²) in [5, 5.41) is 17.8. The highest BCUT2D eigenvalue weighted by Crippen LogP contribution is 2.53. The smallest absolute Gasteiger partial charge is 0.303 e. The van der Waals surface area contributed by atoms with E-state index < -0.39 is 70.2 Å². The summed E-state index contributed by atoms with van der Waals surface area (Å²) < 4.78 is 65.3. The van der Waals surface area contributed by atoms with E-state index in [1.165, 1.54) is 18.2 Å². The molecular formula is C27H22ClF3N4O7S. The van der Waals surface area contributed by atoms with Gasteiger partial charge in [0.05, 0.1) is 17.8 Å². The summed E-state index contributed by atoms with van der Waals surface area (Å²) in [6.07, 6.45) is -2.38. The Balaban J connectivity index is 2.03. The maximum absolute atomic E-state index is 14.0. The zero-order valence-electron chi connectivity index (χ0n) is 22.6. The molecule has 4 rings (SSSR count). The van der Waals surface area contributed by atoms with Crippen LogP contribution < -0.4 is 0 Å². The first-order valence-corrected chi connectivity index (χ1v) is 13.2. The summed E-state index contributed by atoms with van der Waals surface area (Å²) in [4.78, 5) is 34.5. The Bertz CT molecular complexity index is 1610. The van der Waals surface area contributed by atoms with E-state index in [4.69, 9.17) is 30.5 Å². The molecule has 0 amide bonds. The second-order valence-corrected chi connectivity index (χ2v) is 10.5. The molecular weight excluding hydrogens is 617 g/mol. The monoisotopic (exact) mass is 638 g/mol. The van der Waals surface area contributed by atoms with Crippen molar-refractivity contribution in [1.82, 2.24) is 15.0 Å². The molecule has 0 N–H and O–H groups in total. The van der Waals surface area contributed by atoms with Crippen LogP contribution in [-0.4, -0.2) is 57.2 Å². The van der Waals surface area contributed by atoms with E-state index in [-0.39, 0.29) is 22.4 Å². The fourth-order valence-electron chi connectivity index (χ4n) is 4.75. The molecule has 1 fully saturated rings. The van der Waals surface area contributed by atoms with Crippen molar-refractivity contribution in [1.29, 1.82) is 5.26 Å². The Labute approximate surface area is 252 Å². The van der Waals surface area contributed by atoms with Crippen molar-refractivity contribution >= 4 is 42.1 Å². The lowest BCUT2D eigenvalue weighted by atomic mass is 9.78. The quantitative estimate of drug-likeness (QED) is 0.134. The molecule has 0 spiro atoms. The van der Waals surface area contributed by atoms with Crippen LogP contribution in [-0.2, 0) is 43.9 Å². The number of nitriles is 1. The zero-order chi connectivity index (χ0) is 31.7. The highest BCUT2D eigenvalue weighted by molar-refractivity contribution is 7.80. The normalized spacial score (nSPS) is 25.0. The lowest BCUT2D eigenvalue weighted by Crippen LogP contribution is -2.70. The first-order chi connectivity index (χ1) is 20.2. The standard InChI is InChI=1S/C27H22ClF3N4O7S/c1-13(36)39-12-26(18-7-5-4-6-16(18)10-32)25(41-15(3)38)27(28,23(24(43)42-26)40-14(2)37)35-11-21(33-34-35)17-8-19(29)22(31)20(30)9-17/h4-9,11,23-25,43H,12H2,1-3H3/t23-,24+,25-,26-,27-/m0/s1. The van der Waals surface area contributed by atoms with Crippen LogP contribution in [0, 0.1) is 28.8 Å². The number of rotatable bonds is 7. The summed E-state index contributed by atoms with van der Waals surface area (Å²) in [6, 6.07) is 9.27. The summed E-state index contributed by atoms with van der Waals surface area (Å²) in [5.41, 5.74) is -3.96. The fourth-order valence-corrected chi connectivity index (χ4v) is 5.77. The molecule has 11 nitrogen and oxygen atoms in total. The molecule has 43 heavy (non-hydrogen) atoms. The predicted octanol–water partition coefficient (Wildman–Crippen LogP) is 3.73. The Morgan fingerprint density at radius 2 is 1.72 bits per heavy atom. The number of benzene rings is 2. The van der Waals surface area contributed by atoms with Crippen LogP contribution in [0.4, 0.5) is 13.2 Å². The highest BCUT2D eigenvalue weighted by Gasteiger charge is 2.68. The number of thiol groups is 1. The molecule has 3 aromatic rings. The van der Waals surface area contributed by atoms with E-state index in [1.54, 1.807) is 6.07 Å². The van der Waals surface area contributed by atoms with Gasteiger partial charge in [-0.15, -0.1) is 17.7 Å². The summed E-state index contributed by atoms with van der Waals surface area (Å²) >= 11 is 11.8. The minimum Gasteiger partial charge on any atom is -0.462 e. The molecule has 0 unspecified atom stereocenters. The number of nitrogens with zero attached hydrogens (tertiary/aromatic N) is 4. The van der Waals surface area contributed by atoms with E-state index in [1.807, 2.05) is 6.07 Å². The third kappa shape index (κ3) is 5.90. The zero-order valence-corrected chi connectivity index (χ0v) is 24.2. The van der Waals surface area contributed by atoms with Crippen LogP contribution in [0.15, 0.2) is 42.6 Å². The van der Waals surface area contributed by atoms with Gasteiger partial charge in [-0.05, 0) is 18.2 Å². The van der Waals surface area contributed by atoms with Crippen LogP contribution in [0.3, 0.4) is 0 Å². The molecule has 5 atom stereocenters. The van der Waals surface area contributed by atoms with Crippen molar-refractivity contribution in [3.8, 4) is 17.3 Å². The molecule has 1 aromatic heterocycles. The van der Waals surface area contributed by atoms with Crippen molar-refractivity contribution in [2.45, 2.75) is 49.0 Å². The molecule has 1 saturated heterocycles. The molecule has 0 aliphatic carbocycles. The van der Waals surface area contributed by atoms with Crippen molar-refractivity contribution in [2.75, 3.05) is 6.61 Å². The molecule has 2 heterocycles. The average molecular weight is 639 g/mol. The lowest BCUT2D eigenvalue weighted by Gasteiger charge is -2.54. The predicted molar refractivity (Wildman–Crippen MR) is 144 cm³/mol.